The summed E-state index contributed by atoms with van der Waals surface area (Å²) in [7, 11) is 0. The van der Waals surface area contributed by atoms with Gasteiger partial charge < -0.3 is 21.1 Å². The zero-order chi connectivity index (χ0) is 30.6. The minimum absolute atomic E-state index is 0.0376. The highest BCUT2D eigenvalue weighted by atomic mass is 35.5. The zero-order valence-electron chi connectivity index (χ0n) is 22.8. The Morgan fingerprint density at radius 3 is 2.47 bits per heavy atom. The van der Waals surface area contributed by atoms with E-state index in [-0.39, 0.29) is 25.3 Å². The molecule has 0 aliphatic rings. The van der Waals surface area contributed by atoms with Crippen LogP contribution in [0.25, 0.3) is 11.8 Å². The molecule has 4 aromatic rings. The fraction of sp³-hybridized carbons (Fsp3) is 0.167. The number of rotatable bonds is 13. The lowest BCUT2D eigenvalue weighted by atomic mass is 10.0. The first-order chi connectivity index (χ1) is 20.8. The molecule has 1 heterocycles. The number of amides is 3. The molecule has 0 saturated carbocycles. The van der Waals surface area contributed by atoms with E-state index in [1.807, 2.05) is 30.3 Å². The summed E-state index contributed by atoms with van der Waals surface area (Å²) in [5, 5.41) is 28.5. The van der Waals surface area contributed by atoms with Crippen LogP contribution in [-0.4, -0.2) is 61.6 Å². The predicted molar refractivity (Wildman–Crippen MR) is 160 cm³/mol. The molecule has 0 saturated heterocycles. The fourth-order valence-electron chi connectivity index (χ4n) is 4.06. The van der Waals surface area contributed by atoms with Gasteiger partial charge in [-0.25, -0.2) is 0 Å². The number of benzene rings is 3. The summed E-state index contributed by atoms with van der Waals surface area (Å²) in [6, 6.07) is 19.6. The van der Waals surface area contributed by atoms with Gasteiger partial charge in [-0.15, -0.1) is 5.10 Å². The summed E-state index contributed by atoms with van der Waals surface area (Å²) in [4.78, 5) is 49.2. The van der Waals surface area contributed by atoms with Crippen LogP contribution in [0.3, 0.4) is 0 Å². The van der Waals surface area contributed by atoms with Crippen molar-refractivity contribution in [3.05, 3.63) is 107 Å². The second-order valence-corrected chi connectivity index (χ2v) is 9.80. The van der Waals surface area contributed by atoms with Crippen molar-refractivity contribution in [3.8, 4) is 5.69 Å². The summed E-state index contributed by atoms with van der Waals surface area (Å²) < 4.78 is 1.44. The number of carboxylic acid groups (broad SMARTS) is 1. The Balaban J connectivity index is 1.43. The minimum Gasteiger partial charge on any atom is -0.481 e. The third-order valence-corrected chi connectivity index (χ3v) is 6.42. The summed E-state index contributed by atoms with van der Waals surface area (Å²) in [6.45, 7) is 0.231. The van der Waals surface area contributed by atoms with Crippen molar-refractivity contribution >= 4 is 47.1 Å². The van der Waals surface area contributed by atoms with Gasteiger partial charge >= 0.3 is 5.97 Å². The number of aromatic nitrogens is 4. The van der Waals surface area contributed by atoms with Gasteiger partial charge in [-0.3, -0.25) is 19.2 Å². The number of carbonyl (C=O) groups excluding carboxylic acids is 3. The van der Waals surface area contributed by atoms with Gasteiger partial charge in [-0.2, -0.15) is 4.68 Å². The summed E-state index contributed by atoms with van der Waals surface area (Å²) >= 11 is 6.16. The first-order valence-electron chi connectivity index (χ1n) is 13.2. The van der Waals surface area contributed by atoms with Gasteiger partial charge in [-0.1, -0.05) is 41.9 Å². The molecule has 0 unspecified atom stereocenters. The molecule has 4 rings (SSSR count). The van der Waals surface area contributed by atoms with Gasteiger partial charge in [-0.05, 0) is 71.0 Å². The molecule has 0 fully saturated rings. The fourth-order valence-corrected chi connectivity index (χ4v) is 4.24. The Bertz CT molecular complexity index is 1590. The van der Waals surface area contributed by atoms with Crippen LogP contribution < -0.4 is 16.0 Å². The lowest BCUT2D eigenvalue weighted by Crippen LogP contribution is -2.44. The second kappa shape index (κ2) is 15.0. The predicted octanol–water partition coefficient (Wildman–Crippen LogP) is 3.29. The van der Waals surface area contributed by atoms with E-state index < -0.39 is 23.8 Å². The van der Waals surface area contributed by atoms with Crippen molar-refractivity contribution in [1.82, 2.24) is 30.8 Å². The summed E-state index contributed by atoms with van der Waals surface area (Å²) in [5.41, 5.74) is 2.83. The van der Waals surface area contributed by atoms with E-state index in [2.05, 4.69) is 31.5 Å². The van der Waals surface area contributed by atoms with Gasteiger partial charge in [0.05, 0.1) is 5.69 Å². The number of tetrazole rings is 1. The van der Waals surface area contributed by atoms with Crippen LogP contribution in [0.2, 0.25) is 5.02 Å². The van der Waals surface area contributed by atoms with Crippen molar-refractivity contribution in [2.75, 3.05) is 11.9 Å². The highest BCUT2D eigenvalue weighted by Crippen LogP contribution is 2.20. The molecule has 43 heavy (non-hydrogen) atoms. The van der Waals surface area contributed by atoms with E-state index in [0.717, 1.165) is 5.56 Å². The Hall–Kier alpha value is -5.36. The van der Waals surface area contributed by atoms with Crippen LogP contribution in [-0.2, 0) is 20.8 Å². The van der Waals surface area contributed by atoms with Crippen molar-refractivity contribution < 1.29 is 24.3 Å². The summed E-state index contributed by atoms with van der Waals surface area (Å²) in [5.74, 6) is -2.24. The molecule has 0 radical (unpaired) electrons. The number of carbonyl (C=O) groups is 4. The van der Waals surface area contributed by atoms with Gasteiger partial charge in [0.1, 0.15) is 12.4 Å². The maximum Gasteiger partial charge on any atom is 0.303 e. The number of halogens is 1. The highest BCUT2D eigenvalue weighted by Gasteiger charge is 2.21. The lowest BCUT2D eigenvalue weighted by molar-refractivity contribution is -0.137. The molecule has 3 aromatic carbocycles. The van der Waals surface area contributed by atoms with Gasteiger partial charge in [0.15, 0.2) is 0 Å². The van der Waals surface area contributed by atoms with Crippen LogP contribution in [0.15, 0.2) is 85.2 Å². The quantitative estimate of drug-likeness (QED) is 0.134. The number of hydrogen-bond donors (Lipinski definition) is 4. The number of anilines is 1. The van der Waals surface area contributed by atoms with E-state index in [1.165, 1.54) is 17.1 Å². The third kappa shape index (κ3) is 9.33. The number of aliphatic carboxylic acids is 1. The Labute approximate surface area is 251 Å². The van der Waals surface area contributed by atoms with E-state index in [1.54, 1.807) is 48.5 Å². The SMILES string of the molecule is O=C(O)CCCNC(=O)c1ccc(NC(=O)[C@H](Cc2ccccc2)NC(=O)/C=C/c2cc(Cl)ccc2-n2cnnn2)cc1. The molecule has 1 atom stereocenters. The summed E-state index contributed by atoms with van der Waals surface area (Å²) in [6.07, 6.45) is 4.79. The molecular weight excluding hydrogens is 574 g/mol. The van der Waals surface area contributed by atoms with Crippen molar-refractivity contribution in [1.29, 1.82) is 0 Å². The molecule has 4 N–H and O–H groups in total. The minimum atomic E-state index is -0.928. The van der Waals surface area contributed by atoms with Crippen LogP contribution in [0, 0.1) is 0 Å². The third-order valence-electron chi connectivity index (χ3n) is 6.18. The van der Waals surface area contributed by atoms with Gasteiger partial charge in [0.2, 0.25) is 11.8 Å². The second-order valence-electron chi connectivity index (χ2n) is 9.36. The van der Waals surface area contributed by atoms with Crippen molar-refractivity contribution in [2.45, 2.75) is 25.3 Å². The highest BCUT2D eigenvalue weighted by molar-refractivity contribution is 6.30. The van der Waals surface area contributed by atoms with Crippen LogP contribution in [0.5, 0.6) is 0 Å². The molecular formula is C30H28ClN7O5. The molecule has 0 aliphatic carbocycles. The standard InChI is InChI=1S/C30H28ClN7O5/c31-23-11-14-26(38-19-33-36-37-38)22(18-23)10-15-27(39)35-25(17-20-5-2-1-3-6-20)30(43)34-24-12-8-21(9-13-24)29(42)32-16-4-7-28(40)41/h1-3,5-6,8-15,18-19,25H,4,7,16-17H2,(H,32,42)(H,34,43)(H,35,39)(H,40,41)/b15-10+/t25-/m0/s1. The molecule has 0 aliphatic heterocycles. The largest absolute Gasteiger partial charge is 0.481 e. The maximum atomic E-state index is 13.3. The smallest absolute Gasteiger partial charge is 0.303 e. The molecule has 1 aromatic heterocycles. The molecule has 0 bridgehead atoms. The van der Waals surface area contributed by atoms with Crippen LogP contribution >= 0.6 is 11.6 Å². The number of hydrogen-bond acceptors (Lipinski definition) is 7. The first kappa shape index (κ1) is 30.6. The monoisotopic (exact) mass is 601 g/mol. The van der Waals surface area contributed by atoms with Crippen molar-refractivity contribution in [3.63, 3.8) is 0 Å². The Kier molecular flexibility index (Phi) is 10.7. The average molecular weight is 602 g/mol. The Morgan fingerprint density at radius 2 is 1.77 bits per heavy atom. The molecule has 220 valence electrons. The number of nitrogens with zero attached hydrogens (tertiary/aromatic N) is 4. The lowest BCUT2D eigenvalue weighted by Gasteiger charge is -2.18. The van der Waals surface area contributed by atoms with Gasteiger partial charge in [0, 0.05) is 47.3 Å². The maximum absolute atomic E-state index is 13.3. The molecule has 3 amide bonds. The topological polar surface area (TPSA) is 168 Å². The van der Waals surface area contributed by atoms with E-state index in [9.17, 15) is 19.2 Å². The van der Waals surface area contributed by atoms with E-state index >= 15 is 0 Å². The zero-order valence-corrected chi connectivity index (χ0v) is 23.6. The van der Waals surface area contributed by atoms with Crippen LogP contribution in [0.1, 0.15) is 34.3 Å². The Morgan fingerprint density at radius 1 is 1.00 bits per heavy atom. The van der Waals surface area contributed by atoms with E-state index in [4.69, 9.17) is 16.7 Å². The average Bonchev–Trinajstić information content (AvgIpc) is 3.53. The van der Waals surface area contributed by atoms with Crippen LogP contribution in [0.4, 0.5) is 5.69 Å². The molecule has 0 spiro atoms. The van der Waals surface area contributed by atoms with E-state index in [0.29, 0.717) is 33.9 Å². The first-order valence-corrected chi connectivity index (χ1v) is 13.6. The number of nitrogens with one attached hydrogen (secondary N) is 3. The van der Waals surface area contributed by atoms with Gasteiger partial charge in [0.25, 0.3) is 5.91 Å². The number of carboxylic acids is 1. The van der Waals surface area contributed by atoms with Crippen molar-refractivity contribution in [2.24, 2.45) is 0 Å². The molecule has 12 nitrogen and oxygen atoms in total. The molecule has 13 heteroatoms. The normalized spacial score (nSPS) is 11.6.